The van der Waals surface area contributed by atoms with Crippen LogP contribution in [0, 0.1) is 6.92 Å². The van der Waals surface area contributed by atoms with Gasteiger partial charge in [0.15, 0.2) is 5.16 Å². The Morgan fingerprint density at radius 3 is 2.39 bits per heavy atom. The van der Waals surface area contributed by atoms with Gasteiger partial charge in [0, 0.05) is 17.2 Å². The molecular weight excluding hydrogens is 390 g/mol. The van der Waals surface area contributed by atoms with Gasteiger partial charge in [-0.3, -0.25) is 14.3 Å². The van der Waals surface area contributed by atoms with Crippen molar-refractivity contribution >= 4 is 45.2 Å². The number of halogens is 1. The molecule has 4 aromatic rings. The number of rotatable bonds is 4. The van der Waals surface area contributed by atoms with E-state index in [1.54, 1.807) is 0 Å². The number of hydrogen-bond donors (Lipinski definition) is 0. The van der Waals surface area contributed by atoms with Crippen molar-refractivity contribution in [1.82, 2.24) is 14.5 Å². The van der Waals surface area contributed by atoms with E-state index in [2.05, 4.69) is 0 Å². The molecule has 0 atom stereocenters. The fourth-order valence-corrected chi connectivity index (χ4v) is 4.83. The first-order chi connectivity index (χ1) is 13.6. The van der Waals surface area contributed by atoms with Gasteiger partial charge in [0.25, 0.3) is 5.56 Å². The summed E-state index contributed by atoms with van der Waals surface area (Å²) in [5.41, 5.74) is 3.58. The maximum Gasteiger partial charge on any atom is 0.262 e. The largest absolute Gasteiger partial charge is 0.284 e. The molecule has 2 heterocycles. The van der Waals surface area contributed by atoms with Crippen LogP contribution in [-0.4, -0.2) is 14.5 Å². The van der Waals surface area contributed by atoms with Crippen molar-refractivity contribution in [3.05, 3.63) is 75.2 Å². The molecule has 0 radical (unpaired) electrons. The molecule has 0 bridgehead atoms. The lowest BCUT2D eigenvalue weighted by Crippen LogP contribution is -2.22. The highest BCUT2D eigenvalue weighted by Gasteiger charge is 2.28. The predicted molar refractivity (Wildman–Crippen MR) is 115 cm³/mol. The van der Waals surface area contributed by atoms with Crippen molar-refractivity contribution in [2.75, 3.05) is 0 Å². The first-order valence-corrected chi connectivity index (χ1v) is 10.7. The lowest BCUT2D eigenvalue weighted by Gasteiger charge is -2.13. The van der Waals surface area contributed by atoms with E-state index in [-0.39, 0.29) is 11.6 Å². The molecular formula is C22H18ClN3OS. The second-order valence-corrected chi connectivity index (χ2v) is 8.44. The van der Waals surface area contributed by atoms with Gasteiger partial charge in [-0.25, -0.2) is 4.98 Å². The van der Waals surface area contributed by atoms with E-state index in [0.717, 1.165) is 45.7 Å². The van der Waals surface area contributed by atoms with Crippen LogP contribution in [0.3, 0.4) is 0 Å². The van der Waals surface area contributed by atoms with Crippen molar-refractivity contribution in [1.29, 1.82) is 0 Å². The summed E-state index contributed by atoms with van der Waals surface area (Å²) >= 11 is 8.15. The van der Waals surface area contributed by atoms with Crippen molar-refractivity contribution in [3.8, 4) is 0 Å². The summed E-state index contributed by atoms with van der Waals surface area (Å²) in [6.45, 7) is 2.02. The van der Waals surface area contributed by atoms with Crippen molar-refractivity contribution < 1.29 is 0 Å². The predicted octanol–water partition coefficient (Wildman–Crippen LogP) is 5.53. The standard InChI is InChI=1S/C22H18ClN3OS/c1-13-15-6-2-4-8-17(15)24-19(20(13)23)12-28-22-25-18-9-5-3-7-16(18)21(27)26(22)14-10-11-14/h2-9,14H,10-12H2,1H3. The first kappa shape index (κ1) is 17.7. The summed E-state index contributed by atoms with van der Waals surface area (Å²) in [6, 6.07) is 15.8. The molecule has 0 N–H and O–H groups in total. The number of hydrogen-bond acceptors (Lipinski definition) is 4. The molecule has 5 rings (SSSR count). The quantitative estimate of drug-likeness (QED) is 0.329. The van der Waals surface area contributed by atoms with E-state index in [9.17, 15) is 4.79 Å². The zero-order valence-corrected chi connectivity index (χ0v) is 16.9. The highest BCUT2D eigenvalue weighted by Crippen LogP contribution is 2.38. The van der Waals surface area contributed by atoms with E-state index in [1.165, 1.54) is 11.8 Å². The zero-order valence-electron chi connectivity index (χ0n) is 15.4. The normalized spacial score (nSPS) is 14.1. The van der Waals surface area contributed by atoms with Gasteiger partial charge in [-0.2, -0.15) is 0 Å². The van der Waals surface area contributed by atoms with Crippen LogP contribution in [0.4, 0.5) is 0 Å². The van der Waals surface area contributed by atoms with Gasteiger partial charge in [0.1, 0.15) is 0 Å². The second kappa shape index (κ2) is 6.90. The summed E-state index contributed by atoms with van der Waals surface area (Å²) < 4.78 is 1.86. The average Bonchev–Trinajstić information content (AvgIpc) is 3.55. The Bertz CT molecular complexity index is 1280. The SMILES string of the molecule is Cc1c(Cl)c(CSc2nc3ccccc3c(=O)n2C2CC2)nc2ccccc12. The Morgan fingerprint density at radius 2 is 1.68 bits per heavy atom. The third-order valence-corrected chi connectivity index (χ3v) is 6.64. The fraction of sp³-hybridized carbons (Fsp3) is 0.227. The average molecular weight is 408 g/mol. The highest BCUT2D eigenvalue weighted by molar-refractivity contribution is 7.98. The monoisotopic (exact) mass is 407 g/mol. The topological polar surface area (TPSA) is 47.8 Å². The molecule has 0 aliphatic heterocycles. The lowest BCUT2D eigenvalue weighted by molar-refractivity contribution is 0.618. The number of aromatic nitrogens is 3. The van der Waals surface area contributed by atoms with Gasteiger partial charge in [-0.1, -0.05) is 53.7 Å². The van der Waals surface area contributed by atoms with Crippen molar-refractivity contribution in [2.24, 2.45) is 0 Å². The van der Waals surface area contributed by atoms with E-state index in [1.807, 2.05) is 60.0 Å². The van der Waals surface area contributed by atoms with Crippen molar-refractivity contribution in [3.63, 3.8) is 0 Å². The third-order valence-electron chi connectivity index (χ3n) is 5.17. The van der Waals surface area contributed by atoms with E-state index < -0.39 is 0 Å². The van der Waals surface area contributed by atoms with Gasteiger partial charge in [-0.15, -0.1) is 0 Å². The number of benzene rings is 2. The summed E-state index contributed by atoms with van der Waals surface area (Å²) in [6.07, 6.45) is 2.06. The van der Waals surface area contributed by atoms with Gasteiger partial charge in [-0.05, 0) is 43.5 Å². The highest BCUT2D eigenvalue weighted by atomic mass is 35.5. The van der Waals surface area contributed by atoms with Crippen LogP contribution in [0.15, 0.2) is 58.5 Å². The molecule has 0 spiro atoms. The van der Waals surface area contributed by atoms with Crippen LogP contribution < -0.4 is 5.56 Å². The first-order valence-electron chi connectivity index (χ1n) is 9.31. The maximum absolute atomic E-state index is 13.0. The molecule has 4 nitrogen and oxygen atoms in total. The molecule has 1 fully saturated rings. The Morgan fingerprint density at radius 1 is 1.04 bits per heavy atom. The van der Waals surface area contributed by atoms with Gasteiger partial charge in [0.2, 0.25) is 0 Å². The molecule has 1 saturated carbocycles. The Hall–Kier alpha value is -2.37. The molecule has 0 saturated heterocycles. The van der Waals surface area contributed by atoms with Crippen LogP contribution >= 0.6 is 23.4 Å². The molecule has 2 aromatic heterocycles. The van der Waals surface area contributed by atoms with Crippen LogP contribution in [0.25, 0.3) is 21.8 Å². The summed E-state index contributed by atoms with van der Waals surface area (Å²) in [5.74, 6) is 0.571. The summed E-state index contributed by atoms with van der Waals surface area (Å²) in [5, 5.41) is 3.18. The molecule has 0 amide bonds. The van der Waals surface area contributed by atoms with Crippen LogP contribution in [0.2, 0.25) is 5.02 Å². The van der Waals surface area contributed by atoms with Crippen LogP contribution in [0.1, 0.15) is 30.1 Å². The number of para-hydroxylation sites is 2. The molecule has 0 unspecified atom stereocenters. The molecule has 2 aromatic carbocycles. The van der Waals surface area contributed by atoms with Crippen molar-refractivity contribution in [2.45, 2.75) is 36.7 Å². The Labute approximate surface area is 171 Å². The molecule has 1 aliphatic rings. The molecule has 6 heteroatoms. The maximum atomic E-state index is 13.0. The number of thioether (sulfide) groups is 1. The Balaban J connectivity index is 1.56. The lowest BCUT2D eigenvalue weighted by atomic mass is 10.1. The van der Waals surface area contributed by atoms with Gasteiger partial charge < -0.3 is 0 Å². The number of fused-ring (bicyclic) bond motifs is 2. The van der Waals surface area contributed by atoms with E-state index >= 15 is 0 Å². The minimum atomic E-state index is 0.0457. The number of pyridine rings is 1. The summed E-state index contributed by atoms with van der Waals surface area (Å²) in [7, 11) is 0. The third kappa shape index (κ3) is 2.99. The minimum absolute atomic E-state index is 0.0457. The fourth-order valence-electron chi connectivity index (χ4n) is 3.53. The molecule has 28 heavy (non-hydrogen) atoms. The van der Waals surface area contributed by atoms with E-state index in [0.29, 0.717) is 16.2 Å². The van der Waals surface area contributed by atoms with Gasteiger partial charge in [0.05, 0.1) is 27.1 Å². The van der Waals surface area contributed by atoms with Crippen LogP contribution in [-0.2, 0) is 5.75 Å². The molecule has 140 valence electrons. The Kier molecular flexibility index (Phi) is 4.37. The zero-order chi connectivity index (χ0) is 19.3. The molecule has 1 aliphatic carbocycles. The van der Waals surface area contributed by atoms with Gasteiger partial charge >= 0.3 is 0 Å². The second-order valence-electron chi connectivity index (χ2n) is 7.12. The minimum Gasteiger partial charge on any atom is -0.284 e. The van der Waals surface area contributed by atoms with E-state index in [4.69, 9.17) is 21.6 Å². The van der Waals surface area contributed by atoms with Crippen LogP contribution in [0.5, 0.6) is 0 Å². The summed E-state index contributed by atoms with van der Waals surface area (Å²) in [4.78, 5) is 22.5. The number of nitrogens with zero attached hydrogens (tertiary/aromatic N) is 3. The number of aryl methyl sites for hydroxylation is 1. The smallest absolute Gasteiger partial charge is 0.262 e.